The van der Waals surface area contributed by atoms with Crippen molar-refractivity contribution in [1.82, 2.24) is 24.6 Å². The predicted octanol–water partition coefficient (Wildman–Crippen LogP) is 3.88. The van der Waals surface area contributed by atoms with Crippen molar-refractivity contribution in [1.29, 1.82) is 0 Å². The Hall–Kier alpha value is -2.77. The third-order valence-corrected chi connectivity index (χ3v) is 6.69. The second kappa shape index (κ2) is 9.16. The normalized spacial score (nSPS) is 15.7. The van der Waals surface area contributed by atoms with Gasteiger partial charge in [0.05, 0.1) is 18.8 Å². The molecule has 0 spiro atoms. The van der Waals surface area contributed by atoms with Gasteiger partial charge < -0.3 is 4.90 Å². The van der Waals surface area contributed by atoms with Crippen molar-refractivity contribution >= 4 is 17.2 Å². The molecule has 0 saturated carbocycles. The molecule has 2 heterocycles. The zero-order valence-corrected chi connectivity index (χ0v) is 19.2. The van der Waals surface area contributed by atoms with Crippen LogP contribution in [-0.2, 0) is 25.9 Å². The van der Waals surface area contributed by atoms with Gasteiger partial charge in [-0.3, -0.25) is 14.4 Å². The summed E-state index contributed by atoms with van der Waals surface area (Å²) in [5.41, 5.74) is 5.03. The Labute approximate surface area is 187 Å². The van der Waals surface area contributed by atoms with Crippen LogP contribution in [0.4, 0.5) is 0 Å². The summed E-state index contributed by atoms with van der Waals surface area (Å²) in [7, 11) is 5.71. The third kappa shape index (κ3) is 4.48. The molecule has 1 aliphatic carbocycles. The molecule has 1 aliphatic rings. The number of carbonyl (C=O) groups excluding carboxylic acids is 1. The molecule has 0 aliphatic heterocycles. The SMILES string of the molecule is C=CCn1nc(C(=O)N(C)C)c2c1CCC(N(C)Cc1nc(-c3ccccc3)cs1)C2. The molecule has 0 radical (unpaired) electrons. The highest BCUT2D eigenvalue weighted by atomic mass is 32.1. The Morgan fingerprint density at radius 3 is 2.77 bits per heavy atom. The summed E-state index contributed by atoms with van der Waals surface area (Å²) in [5.74, 6) is -0.0326. The molecule has 7 heteroatoms. The molecule has 1 aromatic carbocycles. The zero-order chi connectivity index (χ0) is 22.0. The van der Waals surface area contributed by atoms with Crippen molar-refractivity contribution in [3.63, 3.8) is 0 Å². The van der Waals surface area contributed by atoms with Crippen LogP contribution in [0.2, 0.25) is 0 Å². The van der Waals surface area contributed by atoms with Crippen LogP contribution in [0.25, 0.3) is 11.3 Å². The number of amides is 1. The minimum Gasteiger partial charge on any atom is -0.343 e. The van der Waals surface area contributed by atoms with Crippen LogP contribution in [0, 0.1) is 0 Å². The number of allylic oxidation sites excluding steroid dienone is 1. The van der Waals surface area contributed by atoms with Crippen molar-refractivity contribution in [2.45, 2.75) is 38.4 Å². The van der Waals surface area contributed by atoms with Crippen LogP contribution in [0.15, 0.2) is 48.4 Å². The number of benzene rings is 1. The van der Waals surface area contributed by atoms with Gasteiger partial charge in [0.1, 0.15) is 5.01 Å². The molecular weight excluding hydrogens is 406 g/mol. The average molecular weight is 436 g/mol. The lowest BCUT2D eigenvalue weighted by Gasteiger charge is -2.31. The smallest absolute Gasteiger partial charge is 0.274 e. The second-order valence-electron chi connectivity index (χ2n) is 8.25. The van der Waals surface area contributed by atoms with Crippen LogP contribution in [0.1, 0.15) is 33.2 Å². The van der Waals surface area contributed by atoms with Crippen molar-refractivity contribution in [2.24, 2.45) is 0 Å². The van der Waals surface area contributed by atoms with Gasteiger partial charge >= 0.3 is 0 Å². The van der Waals surface area contributed by atoms with Gasteiger partial charge in [0.2, 0.25) is 0 Å². The van der Waals surface area contributed by atoms with Crippen LogP contribution >= 0.6 is 11.3 Å². The number of aromatic nitrogens is 3. The van der Waals surface area contributed by atoms with E-state index in [1.54, 1.807) is 30.3 Å². The lowest BCUT2D eigenvalue weighted by Crippen LogP contribution is -2.37. The molecule has 0 fully saturated rings. The van der Waals surface area contributed by atoms with E-state index >= 15 is 0 Å². The Bertz CT molecular complexity index is 1070. The molecule has 0 N–H and O–H groups in total. The van der Waals surface area contributed by atoms with Crippen LogP contribution in [0.3, 0.4) is 0 Å². The monoisotopic (exact) mass is 435 g/mol. The molecule has 1 unspecified atom stereocenters. The quantitative estimate of drug-likeness (QED) is 0.529. The molecular formula is C24H29N5OS. The molecule has 1 atom stereocenters. The zero-order valence-electron chi connectivity index (χ0n) is 18.4. The fourth-order valence-electron chi connectivity index (χ4n) is 4.17. The first-order valence-electron chi connectivity index (χ1n) is 10.6. The van der Waals surface area contributed by atoms with Crippen molar-refractivity contribution in [2.75, 3.05) is 21.1 Å². The molecule has 4 rings (SSSR count). The van der Waals surface area contributed by atoms with E-state index in [2.05, 4.69) is 41.1 Å². The number of nitrogens with zero attached hydrogens (tertiary/aromatic N) is 5. The Kier molecular flexibility index (Phi) is 6.34. The minimum atomic E-state index is -0.0326. The fraction of sp³-hybridized carbons (Fsp3) is 0.375. The number of hydrogen-bond acceptors (Lipinski definition) is 5. The summed E-state index contributed by atoms with van der Waals surface area (Å²) in [4.78, 5) is 21.6. The van der Waals surface area contributed by atoms with Gasteiger partial charge in [-0.15, -0.1) is 17.9 Å². The molecule has 1 amide bonds. The Morgan fingerprint density at radius 1 is 1.29 bits per heavy atom. The summed E-state index contributed by atoms with van der Waals surface area (Å²) in [6.07, 6.45) is 4.62. The number of fused-ring (bicyclic) bond motifs is 1. The topological polar surface area (TPSA) is 54.3 Å². The molecule has 6 nitrogen and oxygen atoms in total. The number of thiazole rings is 1. The van der Waals surface area contributed by atoms with Gasteiger partial charge in [0, 0.05) is 42.3 Å². The fourth-order valence-corrected chi connectivity index (χ4v) is 5.04. The van der Waals surface area contributed by atoms with Crippen molar-refractivity contribution < 1.29 is 4.79 Å². The van der Waals surface area contributed by atoms with E-state index in [4.69, 9.17) is 4.98 Å². The van der Waals surface area contributed by atoms with Gasteiger partial charge in [-0.2, -0.15) is 5.10 Å². The number of likely N-dealkylation sites (N-methyl/N-ethyl adjacent to an activating group) is 1. The number of carbonyl (C=O) groups is 1. The van der Waals surface area contributed by atoms with E-state index in [0.29, 0.717) is 18.3 Å². The van der Waals surface area contributed by atoms with Gasteiger partial charge in [0.25, 0.3) is 5.91 Å². The highest BCUT2D eigenvalue weighted by Gasteiger charge is 2.31. The summed E-state index contributed by atoms with van der Waals surface area (Å²) in [6, 6.07) is 10.6. The second-order valence-corrected chi connectivity index (χ2v) is 9.19. The van der Waals surface area contributed by atoms with E-state index < -0.39 is 0 Å². The van der Waals surface area contributed by atoms with Crippen LogP contribution in [0.5, 0.6) is 0 Å². The van der Waals surface area contributed by atoms with E-state index in [1.165, 1.54) is 5.69 Å². The Balaban J connectivity index is 1.51. The number of rotatable bonds is 7. The molecule has 162 valence electrons. The lowest BCUT2D eigenvalue weighted by atomic mass is 9.90. The maximum absolute atomic E-state index is 12.7. The van der Waals surface area contributed by atoms with Gasteiger partial charge in [-0.25, -0.2) is 4.98 Å². The summed E-state index contributed by atoms with van der Waals surface area (Å²) < 4.78 is 1.95. The maximum Gasteiger partial charge on any atom is 0.274 e. The van der Waals surface area contributed by atoms with E-state index in [-0.39, 0.29) is 5.91 Å². The molecule has 0 saturated heterocycles. The first-order chi connectivity index (χ1) is 15.0. The van der Waals surface area contributed by atoms with Gasteiger partial charge in [0.15, 0.2) is 5.69 Å². The van der Waals surface area contributed by atoms with Crippen LogP contribution < -0.4 is 0 Å². The van der Waals surface area contributed by atoms with Gasteiger partial charge in [-0.1, -0.05) is 36.4 Å². The Morgan fingerprint density at radius 2 is 2.06 bits per heavy atom. The molecule has 31 heavy (non-hydrogen) atoms. The minimum absolute atomic E-state index is 0.0326. The average Bonchev–Trinajstić information content (AvgIpc) is 3.38. The standard InChI is InChI=1S/C24H29N5OS/c1-5-13-29-21-12-11-18(14-19(21)23(26-29)24(30)27(2)3)28(4)15-22-25-20(16-31-22)17-9-7-6-8-10-17/h5-10,16,18H,1,11-15H2,2-4H3. The highest BCUT2D eigenvalue weighted by Crippen LogP contribution is 2.29. The predicted molar refractivity (Wildman–Crippen MR) is 125 cm³/mol. The van der Waals surface area contributed by atoms with E-state index in [1.807, 2.05) is 29.0 Å². The summed E-state index contributed by atoms with van der Waals surface area (Å²) in [5, 5.41) is 7.88. The highest BCUT2D eigenvalue weighted by molar-refractivity contribution is 7.09. The molecule has 3 aromatic rings. The van der Waals surface area contributed by atoms with Crippen LogP contribution in [-0.4, -0.2) is 57.7 Å². The largest absolute Gasteiger partial charge is 0.343 e. The lowest BCUT2D eigenvalue weighted by molar-refractivity contribution is 0.0819. The first kappa shape index (κ1) is 21.5. The van der Waals surface area contributed by atoms with Crippen molar-refractivity contribution in [3.05, 3.63) is 70.3 Å². The maximum atomic E-state index is 12.7. The van der Waals surface area contributed by atoms with Crippen molar-refractivity contribution in [3.8, 4) is 11.3 Å². The molecule has 2 aromatic heterocycles. The third-order valence-electron chi connectivity index (χ3n) is 5.86. The molecule has 0 bridgehead atoms. The number of hydrogen-bond donors (Lipinski definition) is 0. The summed E-state index contributed by atoms with van der Waals surface area (Å²) in [6.45, 7) is 5.27. The first-order valence-corrected chi connectivity index (χ1v) is 11.5. The van der Waals surface area contributed by atoms with Gasteiger partial charge in [-0.05, 0) is 26.3 Å². The van der Waals surface area contributed by atoms with E-state index in [9.17, 15) is 4.79 Å². The van der Waals surface area contributed by atoms with E-state index in [0.717, 1.165) is 47.6 Å². The summed E-state index contributed by atoms with van der Waals surface area (Å²) >= 11 is 1.70.